The maximum absolute atomic E-state index is 13.9. The van der Waals surface area contributed by atoms with E-state index in [4.69, 9.17) is 0 Å². The number of fused-ring (bicyclic) bond motifs is 2. The smallest absolute Gasteiger partial charge is 0.217 e. The average molecular weight is 448 g/mol. The van der Waals surface area contributed by atoms with Crippen molar-refractivity contribution in [2.24, 2.45) is 11.3 Å². The Bertz CT molecular complexity index is 1230. The maximum atomic E-state index is 13.9. The molecule has 0 saturated heterocycles. The highest BCUT2D eigenvalue weighted by Gasteiger charge is 2.46. The summed E-state index contributed by atoms with van der Waals surface area (Å²) >= 11 is 0. The lowest BCUT2D eigenvalue weighted by atomic mass is 9.68. The Kier molecular flexibility index (Phi) is 5.39. The predicted octanol–water partition coefficient (Wildman–Crippen LogP) is 5.77. The molecular weight excluding hydrogens is 420 g/mol. The summed E-state index contributed by atoms with van der Waals surface area (Å²) in [7, 11) is 0. The molecular formula is C27H27F2N3O. The first-order chi connectivity index (χ1) is 15.8. The van der Waals surface area contributed by atoms with Crippen molar-refractivity contribution >= 4 is 12.0 Å². The van der Waals surface area contributed by atoms with Gasteiger partial charge >= 0.3 is 0 Å². The van der Waals surface area contributed by atoms with E-state index in [2.05, 4.69) is 23.4 Å². The van der Waals surface area contributed by atoms with E-state index in [0.29, 0.717) is 5.92 Å². The SMILES string of the molecule is CC(=O)NC(C[C@H]1CCC2=Cc3c(cnn3-c3ccc(F)cc3)C[C@@]21C)c1cccc(F)c1. The molecule has 2 aliphatic carbocycles. The van der Waals surface area contributed by atoms with E-state index in [9.17, 15) is 13.6 Å². The average Bonchev–Trinajstić information content (AvgIpc) is 3.32. The first-order valence-corrected chi connectivity index (χ1v) is 11.4. The molecule has 1 unspecified atom stereocenters. The quantitative estimate of drug-likeness (QED) is 0.539. The van der Waals surface area contributed by atoms with Gasteiger partial charge in [-0.05, 0) is 90.6 Å². The zero-order valence-corrected chi connectivity index (χ0v) is 18.8. The number of rotatable bonds is 5. The fourth-order valence-corrected chi connectivity index (χ4v) is 5.63. The Morgan fingerprint density at radius 3 is 2.73 bits per heavy atom. The summed E-state index contributed by atoms with van der Waals surface area (Å²) in [6, 6.07) is 12.7. The largest absolute Gasteiger partial charge is 0.350 e. The highest BCUT2D eigenvalue weighted by Crippen LogP contribution is 2.55. The molecule has 0 radical (unpaired) electrons. The summed E-state index contributed by atoms with van der Waals surface area (Å²) in [5.41, 5.74) is 5.19. The summed E-state index contributed by atoms with van der Waals surface area (Å²) in [6.07, 6.45) is 7.75. The minimum absolute atomic E-state index is 0.0479. The van der Waals surface area contributed by atoms with Gasteiger partial charge in [0.2, 0.25) is 5.91 Å². The molecule has 1 N–H and O–H groups in total. The van der Waals surface area contributed by atoms with Crippen LogP contribution in [-0.2, 0) is 11.2 Å². The van der Waals surface area contributed by atoms with Crippen molar-refractivity contribution in [3.8, 4) is 5.69 Å². The van der Waals surface area contributed by atoms with Crippen LogP contribution in [0.1, 0.15) is 56.0 Å². The van der Waals surface area contributed by atoms with E-state index in [0.717, 1.165) is 42.6 Å². The van der Waals surface area contributed by atoms with Gasteiger partial charge in [0.15, 0.2) is 0 Å². The van der Waals surface area contributed by atoms with Crippen LogP contribution in [0.15, 0.2) is 60.3 Å². The molecule has 1 amide bonds. The minimum Gasteiger partial charge on any atom is -0.350 e. The van der Waals surface area contributed by atoms with Crippen LogP contribution in [0.5, 0.6) is 0 Å². The highest BCUT2D eigenvalue weighted by molar-refractivity contribution is 5.73. The molecule has 0 aliphatic heterocycles. The number of allylic oxidation sites excluding steroid dienone is 1. The van der Waals surface area contributed by atoms with Crippen molar-refractivity contribution in [1.82, 2.24) is 15.1 Å². The number of carbonyl (C=O) groups excluding carboxylic acids is 1. The molecule has 6 heteroatoms. The van der Waals surface area contributed by atoms with E-state index < -0.39 is 0 Å². The van der Waals surface area contributed by atoms with Crippen LogP contribution < -0.4 is 5.32 Å². The second-order valence-electron chi connectivity index (χ2n) is 9.49. The topological polar surface area (TPSA) is 46.9 Å². The van der Waals surface area contributed by atoms with Crippen molar-refractivity contribution in [1.29, 1.82) is 0 Å². The second kappa shape index (κ2) is 8.25. The maximum Gasteiger partial charge on any atom is 0.217 e. The van der Waals surface area contributed by atoms with Gasteiger partial charge in [-0.1, -0.05) is 24.6 Å². The lowest BCUT2D eigenvalue weighted by Gasteiger charge is -2.37. The first-order valence-electron chi connectivity index (χ1n) is 11.4. The zero-order chi connectivity index (χ0) is 23.2. The van der Waals surface area contributed by atoms with Gasteiger partial charge in [0, 0.05) is 6.92 Å². The molecule has 3 aromatic rings. The fraction of sp³-hybridized carbons (Fsp3) is 0.333. The summed E-state index contributed by atoms with van der Waals surface area (Å²) in [5.74, 6) is -0.339. The molecule has 1 fully saturated rings. The van der Waals surface area contributed by atoms with Crippen LogP contribution in [0.3, 0.4) is 0 Å². The normalized spacial score (nSPS) is 22.3. The summed E-state index contributed by atoms with van der Waals surface area (Å²) in [4.78, 5) is 11.9. The Morgan fingerprint density at radius 2 is 2.00 bits per heavy atom. The number of hydrogen-bond acceptors (Lipinski definition) is 2. The van der Waals surface area contributed by atoms with Crippen molar-refractivity contribution in [2.75, 3.05) is 0 Å². The third-order valence-electron chi connectivity index (χ3n) is 7.37. The molecule has 1 aromatic heterocycles. The molecule has 2 aromatic carbocycles. The second-order valence-corrected chi connectivity index (χ2v) is 9.49. The number of nitrogens with one attached hydrogen (secondary N) is 1. The molecule has 1 heterocycles. The number of nitrogens with zero attached hydrogens (tertiary/aromatic N) is 2. The van der Waals surface area contributed by atoms with Crippen molar-refractivity contribution in [2.45, 2.75) is 45.6 Å². The Balaban J connectivity index is 1.44. The number of amides is 1. The Hall–Kier alpha value is -3.28. The molecule has 3 atom stereocenters. The van der Waals surface area contributed by atoms with Crippen molar-refractivity contribution in [3.63, 3.8) is 0 Å². The van der Waals surface area contributed by atoms with Crippen LogP contribution in [0.25, 0.3) is 11.8 Å². The summed E-state index contributed by atoms with van der Waals surface area (Å²) in [6.45, 7) is 3.80. The molecule has 1 saturated carbocycles. The number of hydrogen-bond donors (Lipinski definition) is 1. The van der Waals surface area contributed by atoms with Gasteiger partial charge in [0.05, 0.1) is 23.6 Å². The highest BCUT2D eigenvalue weighted by atomic mass is 19.1. The van der Waals surface area contributed by atoms with Gasteiger partial charge in [0.1, 0.15) is 11.6 Å². The molecule has 170 valence electrons. The van der Waals surface area contributed by atoms with E-state index in [-0.39, 0.29) is 29.0 Å². The Labute approximate surface area is 192 Å². The number of halogens is 2. The lowest BCUT2D eigenvalue weighted by Crippen LogP contribution is -2.34. The summed E-state index contributed by atoms with van der Waals surface area (Å²) < 4.78 is 29.2. The van der Waals surface area contributed by atoms with Gasteiger partial charge in [-0.15, -0.1) is 0 Å². The zero-order valence-electron chi connectivity index (χ0n) is 18.8. The van der Waals surface area contributed by atoms with Crippen LogP contribution in [0.2, 0.25) is 0 Å². The number of aromatic nitrogens is 2. The summed E-state index contributed by atoms with van der Waals surface area (Å²) in [5, 5.41) is 7.63. The van der Waals surface area contributed by atoms with E-state index in [1.165, 1.54) is 42.3 Å². The molecule has 4 nitrogen and oxygen atoms in total. The minimum atomic E-state index is -0.295. The van der Waals surface area contributed by atoms with Crippen LogP contribution in [-0.4, -0.2) is 15.7 Å². The standard InChI is InChI=1S/C27H27F2N3O/c1-17(33)31-25(18-4-3-5-23(29)12-18)13-20-6-7-21-14-26-19(15-27(20,21)2)16-30-32(26)24-10-8-22(28)9-11-24/h3-5,8-12,14,16,20,25H,6-7,13,15H2,1-2H3,(H,31,33)/t20-,25?,27-/m1/s1. The third kappa shape index (κ3) is 3.99. The van der Waals surface area contributed by atoms with E-state index >= 15 is 0 Å². The van der Waals surface area contributed by atoms with Crippen LogP contribution >= 0.6 is 0 Å². The van der Waals surface area contributed by atoms with E-state index in [1.54, 1.807) is 18.2 Å². The van der Waals surface area contributed by atoms with Gasteiger partial charge in [0.25, 0.3) is 0 Å². The molecule has 0 spiro atoms. The van der Waals surface area contributed by atoms with Crippen LogP contribution in [0.4, 0.5) is 8.78 Å². The lowest BCUT2D eigenvalue weighted by molar-refractivity contribution is -0.119. The fourth-order valence-electron chi connectivity index (χ4n) is 5.63. The molecule has 33 heavy (non-hydrogen) atoms. The van der Waals surface area contributed by atoms with Crippen molar-refractivity contribution < 1.29 is 13.6 Å². The van der Waals surface area contributed by atoms with Crippen LogP contribution in [0, 0.1) is 23.0 Å². The first kappa shape index (κ1) is 21.6. The number of carbonyl (C=O) groups is 1. The molecule has 0 bridgehead atoms. The number of benzene rings is 2. The molecule has 2 aliphatic rings. The predicted molar refractivity (Wildman–Crippen MR) is 124 cm³/mol. The Morgan fingerprint density at radius 1 is 1.21 bits per heavy atom. The van der Waals surface area contributed by atoms with Gasteiger partial charge in [-0.3, -0.25) is 4.79 Å². The molecule has 5 rings (SSSR count). The van der Waals surface area contributed by atoms with Gasteiger partial charge in [-0.2, -0.15) is 5.10 Å². The van der Waals surface area contributed by atoms with Gasteiger partial charge in [-0.25, -0.2) is 13.5 Å². The van der Waals surface area contributed by atoms with Crippen molar-refractivity contribution in [3.05, 3.63) is 88.8 Å². The third-order valence-corrected chi connectivity index (χ3v) is 7.37. The van der Waals surface area contributed by atoms with E-state index in [1.807, 2.05) is 16.9 Å². The monoisotopic (exact) mass is 447 g/mol. The van der Waals surface area contributed by atoms with Gasteiger partial charge < -0.3 is 5.32 Å².